The molecule has 0 bridgehead atoms. The lowest BCUT2D eigenvalue weighted by Crippen LogP contribution is -2.19. The lowest BCUT2D eigenvalue weighted by atomic mass is 10.2. The average Bonchev–Trinajstić information content (AvgIpc) is 3.27. The first-order valence-electron chi connectivity index (χ1n) is 8.54. The maximum absolute atomic E-state index is 6.05. The van der Waals surface area contributed by atoms with Gasteiger partial charge in [-0.15, -0.1) is 0 Å². The molecule has 7 heteroatoms. The third kappa shape index (κ3) is 3.91. The summed E-state index contributed by atoms with van der Waals surface area (Å²) in [6, 6.07) is 8.31. The molecule has 0 radical (unpaired) electrons. The van der Waals surface area contributed by atoms with Crippen molar-refractivity contribution in [2.45, 2.75) is 37.8 Å². The fraction of sp³-hybridized carbons (Fsp3) is 0.389. The van der Waals surface area contributed by atoms with Gasteiger partial charge in [0, 0.05) is 11.1 Å². The smallest absolute Gasteiger partial charge is 0.160 e. The molecule has 1 saturated carbocycles. The largest absolute Gasteiger partial charge is 0.378 e. The SMILES string of the molecule is Clc1ccc(CCO[C@H]2CC[C@H](Nc3ncnc4[nH]ncc34)C2)cc1. The number of aromatic nitrogens is 4. The zero-order chi connectivity index (χ0) is 17.1. The number of anilines is 1. The highest BCUT2D eigenvalue weighted by molar-refractivity contribution is 6.30. The van der Waals surface area contributed by atoms with Crippen molar-refractivity contribution < 1.29 is 4.74 Å². The van der Waals surface area contributed by atoms with Crippen molar-refractivity contribution in [3.63, 3.8) is 0 Å². The molecular formula is C18H20ClN5O. The predicted octanol–water partition coefficient (Wildman–Crippen LogP) is 3.60. The van der Waals surface area contributed by atoms with Crippen LogP contribution in [-0.4, -0.2) is 38.9 Å². The standard InChI is InChI=1S/C18H20ClN5O/c19-13-3-1-12(2-4-13)7-8-25-15-6-5-14(9-15)23-17-16-10-22-24-18(16)21-11-20-17/h1-4,10-11,14-15H,5-9H2,(H2,20,21,22,23,24)/t14-,15-/m0/s1. The van der Waals surface area contributed by atoms with Gasteiger partial charge < -0.3 is 10.1 Å². The Balaban J connectivity index is 1.27. The minimum absolute atomic E-state index is 0.298. The number of H-pyrrole nitrogens is 1. The topological polar surface area (TPSA) is 75.7 Å². The number of nitrogens with one attached hydrogen (secondary N) is 2. The molecule has 3 aromatic rings. The number of ether oxygens (including phenoxy) is 1. The van der Waals surface area contributed by atoms with Crippen LogP contribution in [0.1, 0.15) is 24.8 Å². The molecule has 4 rings (SSSR count). The van der Waals surface area contributed by atoms with Gasteiger partial charge in [0.2, 0.25) is 0 Å². The van der Waals surface area contributed by atoms with Crippen LogP contribution in [0.5, 0.6) is 0 Å². The van der Waals surface area contributed by atoms with Crippen LogP contribution in [-0.2, 0) is 11.2 Å². The molecule has 2 atom stereocenters. The molecule has 0 spiro atoms. The van der Waals surface area contributed by atoms with E-state index in [9.17, 15) is 0 Å². The second-order valence-electron chi connectivity index (χ2n) is 6.38. The summed E-state index contributed by atoms with van der Waals surface area (Å²) >= 11 is 5.91. The van der Waals surface area contributed by atoms with Gasteiger partial charge in [-0.25, -0.2) is 9.97 Å². The minimum atomic E-state index is 0.298. The highest BCUT2D eigenvalue weighted by Gasteiger charge is 2.26. The van der Waals surface area contributed by atoms with Crippen molar-refractivity contribution in [2.24, 2.45) is 0 Å². The molecular weight excluding hydrogens is 338 g/mol. The fourth-order valence-corrected chi connectivity index (χ4v) is 3.42. The predicted molar refractivity (Wildman–Crippen MR) is 97.8 cm³/mol. The number of hydrogen-bond donors (Lipinski definition) is 2. The Morgan fingerprint density at radius 3 is 2.96 bits per heavy atom. The van der Waals surface area contributed by atoms with Crippen molar-refractivity contribution in [3.05, 3.63) is 47.4 Å². The molecule has 1 aromatic carbocycles. The van der Waals surface area contributed by atoms with Gasteiger partial charge in [-0.2, -0.15) is 5.10 Å². The second kappa shape index (κ2) is 7.37. The van der Waals surface area contributed by atoms with Crippen molar-refractivity contribution in [1.82, 2.24) is 20.2 Å². The van der Waals surface area contributed by atoms with Crippen LogP contribution in [0.25, 0.3) is 11.0 Å². The van der Waals surface area contributed by atoms with Crippen LogP contribution in [0.2, 0.25) is 5.02 Å². The zero-order valence-electron chi connectivity index (χ0n) is 13.8. The van der Waals surface area contributed by atoms with E-state index < -0.39 is 0 Å². The van der Waals surface area contributed by atoms with E-state index in [0.29, 0.717) is 12.1 Å². The normalized spacial score (nSPS) is 20.2. The van der Waals surface area contributed by atoms with Crippen molar-refractivity contribution in [1.29, 1.82) is 0 Å². The summed E-state index contributed by atoms with van der Waals surface area (Å²) in [6.07, 6.45) is 7.65. The number of aromatic amines is 1. The number of nitrogens with zero attached hydrogens (tertiary/aromatic N) is 3. The fourth-order valence-electron chi connectivity index (χ4n) is 3.29. The molecule has 0 amide bonds. The minimum Gasteiger partial charge on any atom is -0.378 e. The van der Waals surface area contributed by atoms with Gasteiger partial charge in [0.15, 0.2) is 5.65 Å². The summed E-state index contributed by atoms with van der Waals surface area (Å²) in [5.74, 6) is 0.838. The second-order valence-corrected chi connectivity index (χ2v) is 6.81. The molecule has 130 valence electrons. The monoisotopic (exact) mass is 357 g/mol. The molecule has 0 aliphatic heterocycles. The molecule has 1 aliphatic rings. The van der Waals surface area contributed by atoms with Crippen molar-refractivity contribution in [3.8, 4) is 0 Å². The first-order chi connectivity index (χ1) is 12.3. The molecule has 2 aromatic heterocycles. The Morgan fingerprint density at radius 2 is 2.08 bits per heavy atom. The van der Waals surface area contributed by atoms with E-state index in [1.54, 1.807) is 12.5 Å². The highest BCUT2D eigenvalue weighted by Crippen LogP contribution is 2.27. The quantitative estimate of drug-likeness (QED) is 0.705. The number of hydrogen-bond acceptors (Lipinski definition) is 5. The number of halogens is 1. The summed E-state index contributed by atoms with van der Waals surface area (Å²) in [4.78, 5) is 8.51. The third-order valence-corrected chi connectivity index (χ3v) is 4.88. The number of benzene rings is 1. The molecule has 0 unspecified atom stereocenters. The van der Waals surface area contributed by atoms with E-state index in [4.69, 9.17) is 16.3 Å². The number of fused-ring (bicyclic) bond motifs is 1. The van der Waals surface area contributed by atoms with E-state index in [-0.39, 0.29) is 0 Å². The van der Waals surface area contributed by atoms with Gasteiger partial charge in [0.25, 0.3) is 0 Å². The van der Waals surface area contributed by atoms with Crippen molar-refractivity contribution >= 4 is 28.5 Å². The van der Waals surface area contributed by atoms with Gasteiger partial charge in [-0.05, 0) is 43.4 Å². The summed E-state index contributed by atoms with van der Waals surface area (Å²) in [5, 5.41) is 12.1. The van der Waals surface area contributed by atoms with E-state index in [2.05, 4.69) is 37.6 Å². The van der Waals surface area contributed by atoms with Crippen LogP contribution in [0.15, 0.2) is 36.8 Å². The Hall–Kier alpha value is -2.18. The van der Waals surface area contributed by atoms with Crippen LogP contribution in [0.3, 0.4) is 0 Å². The molecule has 6 nitrogen and oxygen atoms in total. The third-order valence-electron chi connectivity index (χ3n) is 4.63. The van der Waals surface area contributed by atoms with Crippen LogP contribution in [0, 0.1) is 0 Å². The summed E-state index contributed by atoms with van der Waals surface area (Å²) in [7, 11) is 0. The molecule has 2 heterocycles. The van der Waals surface area contributed by atoms with Crippen LogP contribution >= 0.6 is 11.6 Å². The Bertz CT molecular complexity index is 835. The molecule has 1 fully saturated rings. The lowest BCUT2D eigenvalue weighted by Gasteiger charge is -2.15. The van der Waals surface area contributed by atoms with E-state index in [0.717, 1.165) is 54.2 Å². The summed E-state index contributed by atoms with van der Waals surface area (Å²) in [5.41, 5.74) is 2.01. The first kappa shape index (κ1) is 16.3. The van der Waals surface area contributed by atoms with Gasteiger partial charge in [0.1, 0.15) is 12.1 Å². The van der Waals surface area contributed by atoms with Gasteiger partial charge in [-0.1, -0.05) is 23.7 Å². The van der Waals surface area contributed by atoms with E-state index in [1.165, 1.54) is 5.56 Å². The Kier molecular flexibility index (Phi) is 4.81. The zero-order valence-corrected chi connectivity index (χ0v) is 14.5. The van der Waals surface area contributed by atoms with Crippen LogP contribution in [0.4, 0.5) is 5.82 Å². The molecule has 1 aliphatic carbocycles. The lowest BCUT2D eigenvalue weighted by molar-refractivity contribution is 0.0601. The van der Waals surface area contributed by atoms with Crippen molar-refractivity contribution in [2.75, 3.05) is 11.9 Å². The Morgan fingerprint density at radius 1 is 1.20 bits per heavy atom. The van der Waals surface area contributed by atoms with Gasteiger partial charge >= 0.3 is 0 Å². The van der Waals surface area contributed by atoms with Gasteiger partial charge in [0.05, 0.1) is 24.3 Å². The molecule has 25 heavy (non-hydrogen) atoms. The number of rotatable bonds is 6. The molecule has 0 saturated heterocycles. The molecule has 2 N–H and O–H groups in total. The van der Waals surface area contributed by atoms with E-state index >= 15 is 0 Å². The first-order valence-corrected chi connectivity index (χ1v) is 8.92. The van der Waals surface area contributed by atoms with Crippen LogP contribution < -0.4 is 5.32 Å². The maximum atomic E-state index is 6.05. The average molecular weight is 358 g/mol. The summed E-state index contributed by atoms with van der Waals surface area (Å²) < 4.78 is 6.05. The summed E-state index contributed by atoms with van der Waals surface area (Å²) in [6.45, 7) is 0.735. The maximum Gasteiger partial charge on any atom is 0.160 e. The highest BCUT2D eigenvalue weighted by atomic mass is 35.5. The van der Waals surface area contributed by atoms with Gasteiger partial charge in [-0.3, -0.25) is 5.10 Å². The van der Waals surface area contributed by atoms with E-state index in [1.807, 2.05) is 12.1 Å². The Labute approximate surface area is 151 Å².